The van der Waals surface area contributed by atoms with Gasteiger partial charge in [-0.2, -0.15) is 0 Å². The fraction of sp³-hybridized carbons (Fsp3) is 0. The van der Waals surface area contributed by atoms with Crippen molar-refractivity contribution >= 4 is 74.6 Å². The van der Waals surface area contributed by atoms with Crippen LogP contribution in [0.5, 0.6) is 0 Å². The maximum Gasteiger partial charge on any atom is 0.0433 e. The van der Waals surface area contributed by atoms with Crippen molar-refractivity contribution in [2.75, 3.05) is 0 Å². The highest BCUT2D eigenvalue weighted by Gasteiger charge is 2.19. The van der Waals surface area contributed by atoms with E-state index in [4.69, 9.17) is 0 Å². The summed E-state index contributed by atoms with van der Waals surface area (Å²) in [5, 5.41) is 13.0. The third-order valence-electron chi connectivity index (χ3n) is 9.86. The smallest absolute Gasteiger partial charge is 0.0433 e. The summed E-state index contributed by atoms with van der Waals surface area (Å²) in [4.78, 5) is 0. The Labute approximate surface area is 276 Å². The van der Waals surface area contributed by atoms with E-state index in [1.54, 1.807) is 0 Å². The maximum atomic E-state index is 2.41. The molecule has 0 radical (unpaired) electrons. The fourth-order valence-corrected chi connectivity index (χ4v) is 8.99. The molecule has 0 unspecified atom stereocenters. The first-order chi connectivity index (χ1) is 23.3. The molecule has 0 bridgehead atoms. The number of thiophene rings is 1. The topological polar surface area (TPSA) is 0 Å². The third kappa shape index (κ3) is 4.00. The molecule has 47 heavy (non-hydrogen) atoms. The Hall–Kier alpha value is -5.76. The first kappa shape index (κ1) is 26.5. The minimum Gasteiger partial charge on any atom is -0.135 e. The van der Waals surface area contributed by atoms with E-state index in [1.165, 1.54) is 96.6 Å². The van der Waals surface area contributed by atoms with Gasteiger partial charge < -0.3 is 0 Å². The van der Waals surface area contributed by atoms with Crippen molar-refractivity contribution in [2.24, 2.45) is 0 Å². The van der Waals surface area contributed by atoms with E-state index in [9.17, 15) is 0 Å². The molecule has 218 valence electrons. The van der Waals surface area contributed by atoms with E-state index in [0.29, 0.717) is 0 Å². The fourth-order valence-electron chi connectivity index (χ4n) is 7.78. The normalized spacial score (nSPS) is 11.8. The zero-order chi connectivity index (χ0) is 30.9. The monoisotopic (exact) mass is 612 g/mol. The predicted octanol–water partition coefficient (Wildman–Crippen LogP) is 13.7. The molecule has 0 atom stereocenters. The second-order valence-corrected chi connectivity index (χ2v) is 13.4. The molecular weight excluding hydrogens is 585 g/mol. The van der Waals surface area contributed by atoms with Crippen molar-refractivity contribution in [3.63, 3.8) is 0 Å². The lowest BCUT2D eigenvalue weighted by Gasteiger charge is -2.19. The van der Waals surface area contributed by atoms with Gasteiger partial charge in [0, 0.05) is 20.2 Å². The zero-order valence-corrected chi connectivity index (χ0v) is 26.4. The van der Waals surface area contributed by atoms with Gasteiger partial charge in [0.2, 0.25) is 0 Å². The summed E-state index contributed by atoms with van der Waals surface area (Å²) in [5.74, 6) is 0. The molecule has 0 saturated heterocycles. The maximum absolute atomic E-state index is 2.41. The molecule has 10 aromatic rings. The van der Waals surface area contributed by atoms with Crippen LogP contribution in [0.4, 0.5) is 0 Å². The summed E-state index contributed by atoms with van der Waals surface area (Å²) >= 11 is 1.90. The number of benzene rings is 9. The molecule has 10 rings (SSSR count). The molecule has 0 spiro atoms. The molecule has 1 aromatic heterocycles. The van der Waals surface area contributed by atoms with Gasteiger partial charge in [-0.05, 0) is 88.6 Å². The van der Waals surface area contributed by atoms with Crippen LogP contribution in [0, 0.1) is 0 Å². The van der Waals surface area contributed by atoms with Crippen LogP contribution in [-0.4, -0.2) is 0 Å². The molecule has 0 aliphatic carbocycles. The summed E-state index contributed by atoms with van der Waals surface area (Å²) in [6.45, 7) is 0. The van der Waals surface area contributed by atoms with Crippen molar-refractivity contribution in [3.05, 3.63) is 170 Å². The van der Waals surface area contributed by atoms with Crippen LogP contribution in [0.2, 0.25) is 0 Å². The van der Waals surface area contributed by atoms with E-state index >= 15 is 0 Å². The Morgan fingerprint density at radius 1 is 0.298 bits per heavy atom. The number of hydrogen-bond donors (Lipinski definition) is 0. The van der Waals surface area contributed by atoms with Crippen molar-refractivity contribution in [1.82, 2.24) is 0 Å². The van der Waals surface area contributed by atoms with E-state index < -0.39 is 0 Å². The summed E-state index contributed by atoms with van der Waals surface area (Å²) in [6, 6.07) is 62.7. The third-order valence-corrected chi connectivity index (χ3v) is 11.1. The molecule has 0 aliphatic heterocycles. The average molecular weight is 613 g/mol. The first-order valence-corrected chi connectivity index (χ1v) is 17.0. The number of hydrogen-bond acceptors (Lipinski definition) is 1. The molecule has 0 fully saturated rings. The highest BCUT2D eigenvalue weighted by Crippen LogP contribution is 2.47. The van der Waals surface area contributed by atoms with Crippen LogP contribution in [0.15, 0.2) is 170 Å². The van der Waals surface area contributed by atoms with Gasteiger partial charge in [-0.15, -0.1) is 11.3 Å². The van der Waals surface area contributed by atoms with Crippen LogP contribution in [0.3, 0.4) is 0 Å². The highest BCUT2D eigenvalue weighted by molar-refractivity contribution is 7.26. The van der Waals surface area contributed by atoms with E-state index in [1.807, 2.05) is 11.3 Å². The molecule has 0 N–H and O–H groups in total. The summed E-state index contributed by atoms with van der Waals surface area (Å²) in [5.41, 5.74) is 7.62. The van der Waals surface area contributed by atoms with Crippen molar-refractivity contribution in [1.29, 1.82) is 0 Å². The molecule has 0 nitrogen and oxygen atoms in total. The summed E-state index contributed by atoms with van der Waals surface area (Å²) in [7, 11) is 0. The molecule has 1 heterocycles. The van der Waals surface area contributed by atoms with Gasteiger partial charge >= 0.3 is 0 Å². The van der Waals surface area contributed by atoms with Gasteiger partial charge in [-0.3, -0.25) is 0 Å². The van der Waals surface area contributed by atoms with Crippen molar-refractivity contribution < 1.29 is 0 Å². The quantitative estimate of drug-likeness (QED) is 0.174. The lowest BCUT2D eigenvalue weighted by molar-refractivity contribution is 1.66. The van der Waals surface area contributed by atoms with E-state index in [2.05, 4.69) is 170 Å². The largest absolute Gasteiger partial charge is 0.135 e. The van der Waals surface area contributed by atoms with Gasteiger partial charge in [0.25, 0.3) is 0 Å². The molecular formula is C46H28S. The van der Waals surface area contributed by atoms with Crippen LogP contribution >= 0.6 is 11.3 Å². The van der Waals surface area contributed by atoms with Gasteiger partial charge in [-0.1, -0.05) is 158 Å². The van der Waals surface area contributed by atoms with Crippen LogP contribution in [0.1, 0.15) is 0 Å². The Morgan fingerprint density at radius 2 is 0.851 bits per heavy atom. The van der Waals surface area contributed by atoms with Crippen LogP contribution in [0.25, 0.3) is 96.6 Å². The standard InChI is InChI=1S/C46H28S/c1-2-13-30(14-3-1)44-36-18-8-10-20-38(36)45(39-21-11-9-19-37(39)44)40-26-25-32(34-16-6-7-17-35(34)40)31-23-27-43-42(28-31)41-24-22-29-12-4-5-15-33(29)46(41)47-43/h1-28H. The summed E-state index contributed by atoms with van der Waals surface area (Å²) in [6.07, 6.45) is 0. The van der Waals surface area contributed by atoms with Gasteiger partial charge in [0.15, 0.2) is 0 Å². The van der Waals surface area contributed by atoms with Crippen LogP contribution in [-0.2, 0) is 0 Å². The second kappa shape index (κ2) is 10.4. The van der Waals surface area contributed by atoms with E-state index in [-0.39, 0.29) is 0 Å². The Kier molecular flexibility index (Phi) is 5.85. The minimum absolute atomic E-state index is 1.25. The number of fused-ring (bicyclic) bond motifs is 8. The minimum atomic E-state index is 1.25. The lowest BCUT2D eigenvalue weighted by atomic mass is 9.84. The SMILES string of the molecule is c1ccc(-c2c3ccccc3c(-c3ccc(-c4ccc5sc6c7ccccc7ccc6c5c4)c4ccccc34)c3ccccc23)cc1. The Morgan fingerprint density at radius 3 is 1.55 bits per heavy atom. The van der Waals surface area contributed by atoms with E-state index in [0.717, 1.165) is 0 Å². The lowest BCUT2D eigenvalue weighted by Crippen LogP contribution is -1.92. The molecule has 1 heteroatoms. The molecule has 0 amide bonds. The average Bonchev–Trinajstić information content (AvgIpc) is 3.52. The van der Waals surface area contributed by atoms with Gasteiger partial charge in [-0.25, -0.2) is 0 Å². The molecule has 0 saturated carbocycles. The van der Waals surface area contributed by atoms with Gasteiger partial charge in [0.1, 0.15) is 0 Å². The predicted molar refractivity (Wildman–Crippen MR) is 206 cm³/mol. The Bertz CT molecular complexity index is 2780. The first-order valence-electron chi connectivity index (χ1n) is 16.2. The molecule has 9 aromatic carbocycles. The zero-order valence-electron chi connectivity index (χ0n) is 25.6. The van der Waals surface area contributed by atoms with Crippen LogP contribution < -0.4 is 0 Å². The number of rotatable bonds is 3. The van der Waals surface area contributed by atoms with Gasteiger partial charge in [0.05, 0.1) is 0 Å². The highest BCUT2D eigenvalue weighted by atomic mass is 32.1. The second-order valence-electron chi connectivity index (χ2n) is 12.4. The molecule has 0 aliphatic rings. The Balaban J connectivity index is 1.23. The van der Waals surface area contributed by atoms with Crippen molar-refractivity contribution in [3.8, 4) is 33.4 Å². The van der Waals surface area contributed by atoms with Crippen molar-refractivity contribution in [2.45, 2.75) is 0 Å². The summed E-state index contributed by atoms with van der Waals surface area (Å²) < 4.78 is 2.70.